The summed E-state index contributed by atoms with van der Waals surface area (Å²) in [5.74, 6) is -0.391. The van der Waals surface area contributed by atoms with Gasteiger partial charge in [-0.05, 0) is 24.3 Å². The highest BCUT2D eigenvalue weighted by molar-refractivity contribution is 9.10. The topological polar surface area (TPSA) is 97.2 Å². The molecule has 164 valence electrons. The van der Waals surface area contributed by atoms with Crippen molar-refractivity contribution in [1.29, 1.82) is 0 Å². The van der Waals surface area contributed by atoms with E-state index < -0.39 is 10.8 Å². The molecular weight excluding hydrogens is 468 g/mol. The van der Waals surface area contributed by atoms with E-state index in [0.717, 1.165) is 23.2 Å². The average molecular weight is 491 g/mol. The molecule has 0 unspecified atom stereocenters. The number of hydrogen-bond donors (Lipinski definition) is 1. The third-order valence-electron chi connectivity index (χ3n) is 5.35. The van der Waals surface area contributed by atoms with Gasteiger partial charge in [0.15, 0.2) is 0 Å². The quantitative estimate of drug-likeness (QED) is 0.507. The number of hydrogen-bond acceptors (Lipinski definition) is 7. The van der Waals surface area contributed by atoms with Gasteiger partial charge in [-0.2, -0.15) is 0 Å². The zero-order valence-corrected chi connectivity index (χ0v) is 18.5. The second-order valence-corrected chi connectivity index (χ2v) is 8.19. The highest BCUT2D eigenvalue weighted by atomic mass is 79.9. The lowest BCUT2D eigenvalue weighted by Gasteiger charge is -2.31. The first-order chi connectivity index (χ1) is 15.0. The maximum atomic E-state index is 13.3. The Bertz CT molecular complexity index is 974. The number of amides is 1. The van der Waals surface area contributed by atoms with Crippen molar-refractivity contribution in [3.8, 4) is 0 Å². The van der Waals surface area contributed by atoms with Crippen LogP contribution in [0.4, 0.5) is 22.7 Å². The highest BCUT2D eigenvalue weighted by Gasteiger charge is 2.24. The van der Waals surface area contributed by atoms with Crippen LogP contribution in [0, 0.1) is 10.1 Å². The van der Waals surface area contributed by atoms with Gasteiger partial charge < -0.3 is 24.6 Å². The van der Waals surface area contributed by atoms with Gasteiger partial charge in [0.05, 0.1) is 54.0 Å². The first kappa shape index (κ1) is 21.5. The molecule has 0 saturated carbocycles. The third-order valence-corrected chi connectivity index (χ3v) is 5.84. The Hall–Kier alpha value is -2.69. The van der Waals surface area contributed by atoms with Gasteiger partial charge in [-0.1, -0.05) is 15.9 Å². The van der Waals surface area contributed by atoms with Crippen LogP contribution in [0.3, 0.4) is 0 Å². The molecule has 1 N–H and O–H groups in total. The highest BCUT2D eigenvalue weighted by Crippen LogP contribution is 2.32. The zero-order valence-electron chi connectivity index (χ0n) is 16.9. The molecule has 0 bridgehead atoms. The smallest absolute Gasteiger partial charge is 0.270 e. The molecule has 0 aliphatic carbocycles. The van der Waals surface area contributed by atoms with Crippen molar-refractivity contribution < 1.29 is 19.2 Å². The summed E-state index contributed by atoms with van der Waals surface area (Å²) in [7, 11) is 0. The van der Waals surface area contributed by atoms with E-state index in [1.54, 1.807) is 6.07 Å². The number of halogens is 1. The monoisotopic (exact) mass is 490 g/mol. The van der Waals surface area contributed by atoms with Crippen LogP contribution in [0.15, 0.2) is 40.9 Å². The fourth-order valence-corrected chi connectivity index (χ4v) is 4.14. The molecule has 0 spiro atoms. The Morgan fingerprint density at radius 2 is 1.52 bits per heavy atom. The van der Waals surface area contributed by atoms with Crippen LogP contribution in [0.25, 0.3) is 0 Å². The van der Waals surface area contributed by atoms with Gasteiger partial charge in [-0.25, -0.2) is 0 Å². The molecule has 10 heteroatoms. The average Bonchev–Trinajstić information content (AvgIpc) is 2.80. The Kier molecular flexibility index (Phi) is 6.69. The Labute approximate surface area is 188 Å². The van der Waals surface area contributed by atoms with E-state index in [-0.39, 0.29) is 11.3 Å². The summed E-state index contributed by atoms with van der Waals surface area (Å²) >= 11 is 3.47. The summed E-state index contributed by atoms with van der Waals surface area (Å²) in [6.07, 6.45) is 0. The molecule has 2 aliphatic rings. The van der Waals surface area contributed by atoms with Crippen molar-refractivity contribution in [2.75, 3.05) is 67.7 Å². The summed E-state index contributed by atoms with van der Waals surface area (Å²) < 4.78 is 11.7. The fraction of sp³-hybridized carbons (Fsp3) is 0.381. The molecule has 2 fully saturated rings. The van der Waals surface area contributed by atoms with Crippen molar-refractivity contribution in [2.45, 2.75) is 0 Å². The predicted molar refractivity (Wildman–Crippen MR) is 121 cm³/mol. The minimum absolute atomic E-state index is 0.121. The number of nitrogens with one attached hydrogen (secondary N) is 1. The van der Waals surface area contributed by atoms with Gasteiger partial charge in [0.1, 0.15) is 0 Å². The molecule has 2 saturated heterocycles. The lowest BCUT2D eigenvalue weighted by Crippen LogP contribution is -2.38. The van der Waals surface area contributed by atoms with Crippen LogP contribution in [0.2, 0.25) is 0 Å². The second-order valence-electron chi connectivity index (χ2n) is 7.27. The number of morpholine rings is 2. The van der Waals surface area contributed by atoms with Crippen LogP contribution in [-0.2, 0) is 9.47 Å². The first-order valence-corrected chi connectivity index (χ1v) is 10.9. The normalized spacial score (nSPS) is 16.8. The van der Waals surface area contributed by atoms with E-state index >= 15 is 0 Å². The molecule has 1 amide bonds. The lowest BCUT2D eigenvalue weighted by atomic mass is 10.1. The van der Waals surface area contributed by atoms with E-state index in [1.165, 1.54) is 12.1 Å². The molecule has 0 aromatic heterocycles. The van der Waals surface area contributed by atoms with E-state index in [1.807, 2.05) is 23.1 Å². The standard InChI is InChI=1S/C21H23BrN4O5/c22-15-1-3-20(25-7-11-31-12-8-25)18(13-15)23-21(27)17-14-16(26(28)29)2-4-19(17)24-5-9-30-10-6-24/h1-4,13-14H,5-12H2,(H,23,27). The van der Waals surface area contributed by atoms with Gasteiger partial charge in [0.2, 0.25) is 0 Å². The number of nitrogens with zero attached hydrogens (tertiary/aromatic N) is 3. The van der Waals surface area contributed by atoms with Gasteiger partial charge in [-0.3, -0.25) is 14.9 Å². The number of non-ortho nitro benzene ring substituents is 1. The number of anilines is 3. The molecular formula is C21H23BrN4O5. The number of nitro groups is 1. The molecule has 2 heterocycles. The predicted octanol–water partition coefficient (Wildman–Crippen LogP) is 3.28. The number of nitro benzene ring substituents is 1. The zero-order chi connectivity index (χ0) is 21.8. The van der Waals surface area contributed by atoms with Crippen LogP contribution < -0.4 is 15.1 Å². The van der Waals surface area contributed by atoms with Gasteiger partial charge >= 0.3 is 0 Å². The molecule has 2 aliphatic heterocycles. The summed E-state index contributed by atoms with van der Waals surface area (Å²) in [6.45, 7) is 5.02. The fourth-order valence-electron chi connectivity index (χ4n) is 3.78. The van der Waals surface area contributed by atoms with Crippen LogP contribution in [0.1, 0.15) is 10.4 Å². The SMILES string of the molecule is O=C(Nc1cc(Br)ccc1N1CCOCC1)c1cc([N+](=O)[O-])ccc1N1CCOCC1. The summed E-state index contributed by atoms with van der Waals surface area (Å²) in [5, 5.41) is 14.3. The maximum Gasteiger partial charge on any atom is 0.270 e. The largest absolute Gasteiger partial charge is 0.378 e. The number of rotatable bonds is 5. The molecule has 31 heavy (non-hydrogen) atoms. The summed E-state index contributed by atoms with van der Waals surface area (Å²) in [4.78, 5) is 28.4. The summed E-state index contributed by atoms with van der Waals surface area (Å²) in [5.41, 5.74) is 2.34. The molecule has 2 aromatic rings. The van der Waals surface area contributed by atoms with Crippen molar-refractivity contribution in [3.63, 3.8) is 0 Å². The number of ether oxygens (including phenoxy) is 2. The van der Waals surface area contributed by atoms with Gasteiger partial charge in [-0.15, -0.1) is 0 Å². The third kappa shape index (κ3) is 4.97. The second kappa shape index (κ2) is 9.63. The Balaban J connectivity index is 1.67. The molecule has 0 radical (unpaired) electrons. The maximum absolute atomic E-state index is 13.3. The van der Waals surface area contributed by atoms with Gasteiger partial charge in [0, 0.05) is 42.8 Å². The van der Waals surface area contributed by atoms with Crippen molar-refractivity contribution >= 4 is 44.6 Å². The van der Waals surface area contributed by atoms with E-state index in [0.29, 0.717) is 50.9 Å². The van der Waals surface area contributed by atoms with Crippen LogP contribution >= 0.6 is 15.9 Å². The molecule has 2 aromatic carbocycles. The van der Waals surface area contributed by atoms with Crippen molar-refractivity contribution in [1.82, 2.24) is 0 Å². The molecule has 0 atom stereocenters. The van der Waals surface area contributed by atoms with Crippen molar-refractivity contribution in [3.05, 3.63) is 56.5 Å². The first-order valence-electron chi connectivity index (χ1n) is 10.1. The van der Waals surface area contributed by atoms with E-state index in [2.05, 4.69) is 26.1 Å². The van der Waals surface area contributed by atoms with Crippen LogP contribution in [0.5, 0.6) is 0 Å². The minimum Gasteiger partial charge on any atom is -0.378 e. The van der Waals surface area contributed by atoms with E-state index in [4.69, 9.17) is 9.47 Å². The lowest BCUT2D eigenvalue weighted by molar-refractivity contribution is -0.384. The Morgan fingerprint density at radius 1 is 0.935 bits per heavy atom. The number of carbonyl (C=O) groups is 1. The molecule has 4 rings (SSSR count). The molecule has 9 nitrogen and oxygen atoms in total. The van der Waals surface area contributed by atoms with Crippen molar-refractivity contribution in [2.24, 2.45) is 0 Å². The van der Waals surface area contributed by atoms with Crippen LogP contribution in [-0.4, -0.2) is 63.4 Å². The minimum atomic E-state index is -0.488. The number of benzene rings is 2. The van der Waals surface area contributed by atoms with Gasteiger partial charge in [0.25, 0.3) is 11.6 Å². The number of carbonyl (C=O) groups excluding carboxylic acids is 1. The summed E-state index contributed by atoms with van der Waals surface area (Å²) in [6, 6.07) is 10.1. The van der Waals surface area contributed by atoms with E-state index in [9.17, 15) is 14.9 Å². The Morgan fingerprint density at radius 3 is 2.13 bits per heavy atom.